The third-order valence-electron chi connectivity index (χ3n) is 8.35. The van der Waals surface area contributed by atoms with Crippen LogP contribution in [0.25, 0.3) is 43.1 Å². The van der Waals surface area contributed by atoms with Crippen LogP contribution in [0.15, 0.2) is 109 Å². The maximum atomic E-state index is 13.6. The maximum Gasteiger partial charge on any atom is 0.340 e. The molecule has 0 radical (unpaired) electrons. The lowest BCUT2D eigenvalue weighted by Crippen LogP contribution is -2.28. The predicted molar refractivity (Wildman–Crippen MR) is 178 cm³/mol. The minimum absolute atomic E-state index is 0.302. The maximum absolute atomic E-state index is 13.6. The van der Waals surface area contributed by atoms with Gasteiger partial charge in [0, 0.05) is 31.8 Å². The van der Waals surface area contributed by atoms with E-state index in [2.05, 4.69) is 12.1 Å². The molecule has 0 spiro atoms. The number of hydrogen-bond donors (Lipinski definition) is 0. The largest absolute Gasteiger partial charge is 0.460 e. The SMILES string of the molecule is CO[C@H](C(=O)O[C@H](C)C[C@@H](C)OC(=O)[C@@H](OC)c1c2ccccc2cc2ccccc12)c1c2ccccc2cc2ccccc12. The summed E-state index contributed by atoms with van der Waals surface area (Å²) in [7, 11) is 3.03. The van der Waals surface area contributed by atoms with Crippen molar-refractivity contribution in [1.82, 2.24) is 0 Å². The molecule has 6 aromatic carbocycles. The van der Waals surface area contributed by atoms with E-state index >= 15 is 0 Å². The lowest BCUT2D eigenvalue weighted by molar-refractivity contribution is -0.166. The highest BCUT2D eigenvalue weighted by Gasteiger charge is 2.30. The molecule has 0 unspecified atom stereocenters. The molecule has 6 aromatic rings. The van der Waals surface area contributed by atoms with Crippen molar-refractivity contribution in [3.05, 3.63) is 120 Å². The smallest absolute Gasteiger partial charge is 0.340 e. The van der Waals surface area contributed by atoms with Gasteiger partial charge in [-0.2, -0.15) is 0 Å². The van der Waals surface area contributed by atoms with Gasteiger partial charge < -0.3 is 18.9 Å². The zero-order valence-electron chi connectivity index (χ0n) is 25.9. The van der Waals surface area contributed by atoms with Gasteiger partial charge in [-0.05, 0) is 69.1 Å². The molecule has 6 heteroatoms. The number of methoxy groups -OCH3 is 2. The van der Waals surface area contributed by atoms with E-state index in [9.17, 15) is 9.59 Å². The molecule has 0 saturated carbocycles. The predicted octanol–water partition coefficient (Wildman–Crippen LogP) is 8.63. The van der Waals surface area contributed by atoms with Crippen LogP contribution in [0.5, 0.6) is 0 Å². The van der Waals surface area contributed by atoms with Gasteiger partial charge in [0.05, 0.1) is 0 Å². The minimum Gasteiger partial charge on any atom is -0.460 e. The van der Waals surface area contributed by atoms with Crippen LogP contribution < -0.4 is 0 Å². The first kappa shape index (κ1) is 30.3. The zero-order chi connectivity index (χ0) is 31.5. The number of carbonyl (C=O) groups is 2. The first-order valence-corrected chi connectivity index (χ1v) is 15.2. The summed E-state index contributed by atoms with van der Waals surface area (Å²) in [6, 6.07) is 36.0. The van der Waals surface area contributed by atoms with E-state index in [4.69, 9.17) is 18.9 Å². The summed E-state index contributed by atoms with van der Waals surface area (Å²) in [6.07, 6.45) is -2.65. The van der Waals surface area contributed by atoms with Crippen molar-refractivity contribution in [2.45, 2.75) is 44.7 Å². The Morgan fingerprint density at radius 1 is 0.511 bits per heavy atom. The molecule has 0 amide bonds. The first-order valence-electron chi connectivity index (χ1n) is 15.2. The molecule has 0 aliphatic carbocycles. The number of hydrogen-bond acceptors (Lipinski definition) is 6. The molecule has 45 heavy (non-hydrogen) atoms. The van der Waals surface area contributed by atoms with E-state index in [-0.39, 0.29) is 0 Å². The Bertz CT molecular complexity index is 1760. The summed E-state index contributed by atoms with van der Waals surface area (Å²) in [5.74, 6) is -0.996. The van der Waals surface area contributed by atoms with Crippen molar-refractivity contribution in [3.8, 4) is 0 Å². The number of ether oxygens (including phenoxy) is 4. The molecule has 0 N–H and O–H groups in total. The molecule has 6 nitrogen and oxygen atoms in total. The summed E-state index contributed by atoms with van der Waals surface area (Å²) in [6.45, 7) is 3.59. The van der Waals surface area contributed by atoms with Gasteiger partial charge in [-0.25, -0.2) is 9.59 Å². The van der Waals surface area contributed by atoms with Crippen molar-refractivity contribution in [3.63, 3.8) is 0 Å². The van der Waals surface area contributed by atoms with Crippen molar-refractivity contribution >= 4 is 55.0 Å². The van der Waals surface area contributed by atoms with Gasteiger partial charge in [0.15, 0.2) is 12.2 Å². The Labute approximate surface area is 262 Å². The van der Waals surface area contributed by atoms with Crippen LogP contribution in [-0.2, 0) is 28.5 Å². The lowest BCUT2D eigenvalue weighted by Gasteiger charge is -2.24. The molecular weight excluding hydrogens is 564 g/mol. The van der Waals surface area contributed by atoms with Crippen LogP contribution in [0.4, 0.5) is 0 Å². The Morgan fingerprint density at radius 3 is 1.09 bits per heavy atom. The fourth-order valence-electron chi connectivity index (χ4n) is 6.41. The van der Waals surface area contributed by atoms with Crippen molar-refractivity contribution < 1.29 is 28.5 Å². The van der Waals surface area contributed by atoms with Crippen LogP contribution in [-0.4, -0.2) is 38.4 Å². The number of carbonyl (C=O) groups excluding carboxylic acids is 2. The fraction of sp³-hybridized carbons (Fsp3) is 0.231. The van der Waals surface area contributed by atoms with E-state index in [0.29, 0.717) is 6.42 Å². The standard InChI is InChI=1S/C39H36O6/c1-24(44-38(40)36(42-3)34-30-17-9-5-13-26(30)22-27-14-6-10-18-31(27)34)21-25(2)45-39(41)37(43-4)35-32-19-11-7-15-28(32)23-29-16-8-12-20-33(29)35/h5-20,22-25,36-37H,21H2,1-4H3/t24-,25-,36+,37+/m1/s1. The van der Waals surface area contributed by atoms with Crippen LogP contribution in [0.2, 0.25) is 0 Å². The average molecular weight is 601 g/mol. The first-order chi connectivity index (χ1) is 21.9. The van der Waals surface area contributed by atoms with Gasteiger partial charge >= 0.3 is 11.9 Å². The van der Waals surface area contributed by atoms with Gasteiger partial charge in [0.2, 0.25) is 0 Å². The molecule has 0 aliphatic heterocycles. The highest BCUT2D eigenvalue weighted by atomic mass is 16.6. The van der Waals surface area contributed by atoms with Crippen molar-refractivity contribution in [1.29, 1.82) is 0 Å². The molecule has 0 fully saturated rings. The zero-order valence-corrected chi connectivity index (χ0v) is 25.9. The number of benzene rings is 6. The summed E-state index contributed by atoms with van der Waals surface area (Å²) in [5, 5.41) is 7.79. The third-order valence-corrected chi connectivity index (χ3v) is 8.35. The fourth-order valence-corrected chi connectivity index (χ4v) is 6.41. The molecule has 0 aromatic heterocycles. The second kappa shape index (κ2) is 13.1. The van der Waals surface area contributed by atoms with Crippen LogP contribution >= 0.6 is 0 Å². The molecular formula is C39H36O6. The van der Waals surface area contributed by atoms with E-state index in [1.54, 1.807) is 13.8 Å². The lowest BCUT2D eigenvalue weighted by atomic mass is 9.93. The summed E-state index contributed by atoms with van der Waals surface area (Å²) < 4.78 is 23.4. The molecule has 0 aliphatic rings. The number of rotatable bonds is 10. The quantitative estimate of drug-likeness (QED) is 0.116. The normalized spacial score (nSPS) is 14.3. The van der Waals surface area contributed by atoms with Crippen molar-refractivity contribution in [2.75, 3.05) is 14.2 Å². The minimum atomic E-state index is -0.932. The monoisotopic (exact) mass is 600 g/mol. The van der Waals surface area contributed by atoms with Gasteiger partial charge in [-0.1, -0.05) is 97.1 Å². The second-order valence-electron chi connectivity index (χ2n) is 11.4. The second-order valence-corrected chi connectivity index (χ2v) is 11.4. The van der Waals surface area contributed by atoms with E-state index in [0.717, 1.165) is 54.2 Å². The summed E-state index contributed by atoms with van der Waals surface area (Å²) in [5.41, 5.74) is 1.54. The van der Waals surface area contributed by atoms with Crippen LogP contribution in [0.3, 0.4) is 0 Å². The Hall–Kier alpha value is -4.78. The van der Waals surface area contributed by atoms with E-state index in [1.807, 2.05) is 97.1 Å². The van der Waals surface area contributed by atoms with Gasteiger partial charge in [-0.3, -0.25) is 0 Å². The van der Waals surface area contributed by atoms with Gasteiger partial charge in [-0.15, -0.1) is 0 Å². The van der Waals surface area contributed by atoms with Crippen LogP contribution in [0, 0.1) is 0 Å². The number of fused-ring (bicyclic) bond motifs is 4. The molecule has 6 rings (SSSR count). The summed E-state index contributed by atoms with van der Waals surface area (Å²) >= 11 is 0. The molecule has 0 saturated heterocycles. The van der Waals surface area contributed by atoms with E-state index < -0.39 is 36.4 Å². The van der Waals surface area contributed by atoms with Crippen molar-refractivity contribution in [2.24, 2.45) is 0 Å². The highest BCUT2D eigenvalue weighted by Crippen LogP contribution is 2.37. The average Bonchev–Trinajstić information content (AvgIpc) is 3.04. The Balaban J connectivity index is 1.19. The molecule has 0 bridgehead atoms. The number of esters is 2. The van der Waals surface area contributed by atoms with E-state index in [1.165, 1.54) is 14.2 Å². The third kappa shape index (κ3) is 5.99. The van der Waals surface area contributed by atoms with Gasteiger partial charge in [0.25, 0.3) is 0 Å². The van der Waals surface area contributed by atoms with Crippen LogP contribution in [0.1, 0.15) is 43.6 Å². The molecule has 4 atom stereocenters. The Morgan fingerprint density at radius 2 is 0.800 bits per heavy atom. The summed E-state index contributed by atoms with van der Waals surface area (Å²) in [4.78, 5) is 27.2. The highest BCUT2D eigenvalue weighted by molar-refractivity contribution is 6.06. The van der Waals surface area contributed by atoms with Gasteiger partial charge in [0.1, 0.15) is 12.2 Å². The Kier molecular flexibility index (Phi) is 8.78. The molecule has 228 valence electrons. The topological polar surface area (TPSA) is 71.1 Å². The molecule has 0 heterocycles.